The van der Waals surface area contributed by atoms with Gasteiger partial charge in [0.05, 0.1) is 0 Å². The minimum absolute atomic E-state index is 0.0976. The SMILES string of the molecule is CCCCCCCCNc1cccc(CN(C)C(C)=O)c1. The number of amides is 1. The molecule has 0 radical (unpaired) electrons. The van der Waals surface area contributed by atoms with Crippen molar-refractivity contribution in [2.24, 2.45) is 0 Å². The lowest BCUT2D eigenvalue weighted by Gasteiger charge is -2.15. The number of carbonyl (C=O) groups excluding carboxylic acids is 1. The van der Waals surface area contributed by atoms with Gasteiger partial charge in [0, 0.05) is 32.7 Å². The number of nitrogens with zero attached hydrogens (tertiary/aromatic N) is 1. The summed E-state index contributed by atoms with van der Waals surface area (Å²) in [7, 11) is 1.83. The van der Waals surface area contributed by atoms with Crippen molar-refractivity contribution in [1.29, 1.82) is 0 Å². The summed E-state index contributed by atoms with van der Waals surface area (Å²) in [6, 6.07) is 8.34. The third kappa shape index (κ3) is 7.74. The van der Waals surface area contributed by atoms with E-state index in [2.05, 4.69) is 30.4 Å². The van der Waals surface area contributed by atoms with Crippen molar-refractivity contribution in [3.8, 4) is 0 Å². The fourth-order valence-electron chi connectivity index (χ4n) is 2.30. The number of benzene rings is 1. The maximum atomic E-state index is 11.3. The second-order valence-corrected chi connectivity index (χ2v) is 5.77. The van der Waals surface area contributed by atoms with Gasteiger partial charge >= 0.3 is 0 Å². The van der Waals surface area contributed by atoms with Gasteiger partial charge < -0.3 is 10.2 Å². The molecule has 1 aromatic rings. The molecule has 118 valence electrons. The first kappa shape index (κ1) is 17.5. The number of hydrogen-bond donors (Lipinski definition) is 1. The Hall–Kier alpha value is -1.51. The number of hydrogen-bond acceptors (Lipinski definition) is 2. The van der Waals surface area contributed by atoms with Crippen LogP contribution in [-0.4, -0.2) is 24.4 Å². The van der Waals surface area contributed by atoms with E-state index < -0.39 is 0 Å². The molecule has 0 bridgehead atoms. The Morgan fingerprint density at radius 3 is 2.57 bits per heavy atom. The van der Waals surface area contributed by atoms with Crippen LogP contribution in [0.15, 0.2) is 24.3 Å². The molecule has 0 aromatic heterocycles. The van der Waals surface area contributed by atoms with Gasteiger partial charge in [-0.05, 0) is 24.1 Å². The highest BCUT2D eigenvalue weighted by Gasteiger charge is 2.03. The number of unbranched alkanes of at least 4 members (excludes halogenated alkanes) is 5. The molecule has 0 heterocycles. The third-order valence-corrected chi connectivity index (χ3v) is 3.74. The Morgan fingerprint density at radius 1 is 1.14 bits per heavy atom. The summed E-state index contributed by atoms with van der Waals surface area (Å²) >= 11 is 0. The molecular weight excluding hydrogens is 260 g/mol. The van der Waals surface area contributed by atoms with Crippen LogP contribution in [0.3, 0.4) is 0 Å². The molecule has 21 heavy (non-hydrogen) atoms. The van der Waals surface area contributed by atoms with Crippen LogP contribution in [0.4, 0.5) is 5.69 Å². The monoisotopic (exact) mass is 290 g/mol. The largest absolute Gasteiger partial charge is 0.385 e. The van der Waals surface area contributed by atoms with E-state index in [-0.39, 0.29) is 5.91 Å². The zero-order chi connectivity index (χ0) is 15.5. The van der Waals surface area contributed by atoms with Crippen molar-refractivity contribution in [3.05, 3.63) is 29.8 Å². The lowest BCUT2D eigenvalue weighted by Crippen LogP contribution is -2.23. The van der Waals surface area contributed by atoms with Gasteiger partial charge in [0.1, 0.15) is 0 Å². The van der Waals surface area contributed by atoms with E-state index in [0.29, 0.717) is 6.54 Å². The Labute approximate surface area is 129 Å². The maximum Gasteiger partial charge on any atom is 0.219 e. The molecule has 0 saturated heterocycles. The van der Waals surface area contributed by atoms with Crippen LogP contribution in [0.2, 0.25) is 0 Å². The maximum absolute atomic E-state index is 11.3. The summed E-state index contributed by atoms with van der Waals surface area (Å²) in [6.07, 6.45) is 7.91. The minimum Gasteiger partial charge on any atom is -0.385 e. The first-order valence-corrected chi connectivity index (χ1v) is 8.18. The predicted molar refractivity (Wildman–Crippen MR) is 90.5 cm³/mol. The molecule has 0 spiro atoms. The Balaban J connectivity index is 2.27. The molecule has 0 aliphatic carbocycles. The smallest absolute Gasteiger partial charge is 0.219 e. The average molecular weight is 290 g/mol. The van der Waals surface area contributed by atoms with E-state index in [1.807, 2.05) is 13.1 Å². The highest BCUT2D eigenvalue weighted by Crippen LogP contribution is 2.13. The fourth-order valence-corrected chi connectivity index (χ4v) is 2.30. The second kappa shape index (κ2) is 10.3. The van der Waals surface area contributed by atoms with E-state index in [9.17, 15) is 4.79 Å². The average Bonchev–Trinajstić information content (AvgIpc) is 2.46. The summed E-state index contributed by atoms with van der Waals surface area (Å²) in [5, 5.41) is 3.47. The zero-order valence-electron chi connectivity index (χ0n) is 13.8. The summed E-state index contributed by atoms with van der Waals surface area (Å²) in [5.74, 6) is 0.0976. The summed E-state index contributed by atoms with van der Waals surface area (Å²) in [6.45, 7) is 5.54. The van der Waals surface area contributed by atoms with Gasteiger partial charge in [0.15, 0.2) is 0 Å². The molecule has 1 aromatic carbocycles. The standard InChI is InChI=1S/C18H30N2O/c1-4-5-6-7-8-9-13-19-18-12-10-11-17(14-18)15-20(3)16(2)21/h10-12,14,19H,4-9,13,15H2,1-3H3. The van der Waals surface area contributed by atoms with E-state index in [0.717, 1.165) is 12.2 Å². The van der Waals surface area contributed by atoms with Crippen molar-refractivity contribution in [2.45, 2.75) is 58.9 Å². The molecule has 0 unspecified atom stereocenters. The molecule has 0 aliphatic rings. The lowest BCUT2D eigenvalue weighted by molar-refractivity contribution is -0.128. The highest BCUT2D eigenvalue weighted by atomic mass is 16.2. The van der Waals surface area contributed by atoms with Crippen molar-refractivity contribution < 1.29 is 4.79 Å². The Morgan fingerprint density at radius 2 is 1.86 bits per heavy atom. The van der Waals surface area contributed by atoms with Gasteiger partial charge in [0.25, 0.3) is 0 Å². The Kier molecular flexibility index (Phi) is 8.56. The van der Waals surface area contributed by atoms with Crippen LogP contribution in [0.5, 0.6) is 0 Å². The molecule has 0 atom stereocenters. The van der Waals surface area contributed by atoms with Crippen LogP contribution in [0.25, 0.3) is 0 Å². The molecule has 0 aliphatic heterocycles. The number of carbonyl (C=O) groups is 1. The summed E-state index contributed by atoms with van der Waals surface area (Å²) in [4.78, 5) is 13.0. The molecular formula is C18H30N2O. The van der Waals surface area contributed by atoms with Gasteiger partial charge in [-0.25, -0.2) is 0 Å². The first-order chi connectivity index (χ1) is 10.1. The van der Waals surface area contributed by atoms with Crippen molar-refractivity contribution >= 4 is 11.6 Å². The molecule has 1 N–H and O–H groups in total. The van der Waals surface area contributed by atoms with Crippen molar-refractivity contribution in [1.82, 2.24) is 4.90 Å². The van der Waals surface area contributed by atoms with E-state index in [4.69, 9.17) is 0 Å². The summed E-state index contributed by atoms with van der Waals surface area (Å²) in [5.41, 5.74) is 2.32. The van der Waals surface area contributed by atoms with Crippen LogP contribution < -0.4 is 5.32 Å². The Bertz CT molecular complexity index is 417. The van der Waals surface area contributed by atoms with Crippen molar-refractivity contribution in [2.75, 3.05) is 18.9 Å². The number of rotatable bonds is 10. The quantitative estimate of drug-likeness (QED) is 0.646. The summed E-state index contributed by atoms with van der Waals surface area (Å²) < 4.78 is 0. The normalized spacial score (nSPS) is 10.4. The molecule has 1 amide bonds. The number of nitrogens with one attached hydrogen (secondary N) is 1. The van der Waals surface area contributed by atoms with Gasteiger partial charge in [-0.15, -0.1) is 0 Å². The molecule has 3 nitrogen and oxygen atoms in total. The molecule has 0 saturated carbocycles. The second-order valence-electron chi connectivity index (χ2n) is 5.77. The van der Waals surface area contributed by atoms with E-state index in [1.165, 1.54) is 44.1 Å². The number of anilines is 1. The van der Waals surface area contributed by atoms with Gasteiger partial charge in [-0.3, -0.25) is 4.79 Å². The lowest BCUT2D eigenvalue weighted by atomic mass is 10.1. The van der Waals surface area contributed by atoms with Crippen LogP contribution >= 0.6 is 0 Å². The molecule has 0 fully saturated rings. The first-order valence-electron chi connectivity index (χ1n) is 8.18. The molecule has 1 rings (SSSR count). The van der Waals surface area contributed by atoms with E-state index in [1.54, 1.807) is 11.8 Å². The van der Waals surface area contributed by atoms with Gasteiger partial charge in [-0.2, -0.15) is 0 Å². The topological polar surface area (TPSA) is 32.3 Å². The minimum atomic E-state index is 0.0976. The van der Waals surface area contributed by atoms with Gasteiger partial charge in [0.2, 0.25) is 5.91 Å². The fraction of sp³-hybridized carbons (Fsp3) is 0.611. The van der Waals surface area contributed by atoms with Crippen LogP contribution in [0, 0.1) is 0 Å². The highest BCUT2D eigenvalue weighted by molar-refractivity contribution is 5.72. The van der Waals surface area contributed by atoms with Crippen LogP contribution in [0.1, 0.15) is 57.9 Å². The van der Waals surface area contributed by atoms with Crippen molar-refractivity contribution in [3.63, 3.8) is 0 Å². The van der Waals surface area contributed by atoms with Gasteiger partial charge in [-0.1, -0.05) is 51.2 Å². The van der Waals surface area contributed by atoms with Crippen LogP contribution in [-0.2, 0) is 11.3 Å². The zero-order valence-corrected chi connectivity index (χ0v) is 13.8. The third-order valence-electron chi connectivity index (χ3n) is 3.74. The molecule has 3 heteroatoms. The predicted octanol–water partition coefficient (Wildman–Crippen LogP) is 4.44. The van der Waals surface area contributed by atoms with E-state index >= 15 is 0 Å².